The fraction of sp³-hybridized carbons (Fsp3) is 0.250. The molecular formula is C20H21ClN2O4. The van der Waals surface area contributed by atoms with Crippen molar-refractivity contribution in [3.05, 3.63) is 59.1 Å². The highest BCUT2D eigenvalue weighted by atomic mass is 35.5. The van der Waals surface area contributed by atoms with Crippen LogP contribution in [-0.2, 0) is 14.3 Å². The van der Waals surface area contributed by atoms with E-state index in [2.05, 4.69) is 5.32 Å². The standard InChI is InChI=1S/C20H21ClN2O4/c1-3-27-20(26)17-6-4-5-7-18(17)23(14(2)24)13-12-19(25)22-16-10-8-15(21)9-11-16/h4-11H,3,12-13H2,1-2H3,(H,22,25). The summed E-state index contributed by atoms with van der Waals surface area (Å²) >= 11 is 5.82. The number of nitrogens with zero attached hydrogens (tertiary/aromatic N) is 1. The average Bonchev–Trinajstić information content (AvgIpc) is 2.64. The van der Waals surface area contributed by atoms with Crippen molar-refractivity contribution in [2.24, 2.45) is 0 Å². The normalized spacial score (nSPS) is 10.2. The number of carbonyl (C=O) groups excluding carboxylic acids is 3. The Bertz CT molecular complexity index is 821. The monoisotopic (exact) mass is 388 g/mol. The molecule has 0 spiro atoms. The molecule has 6 nitrogen and oxygen atoms in total. The highest BCUT2D eigenvalue weighted by Crippen LogP contribution is 2.22. The summed E-state index contributed by atoms with van der Waals surface area (Å²) in [6.45, 7) is 3.46. The molecule has 0 heterocycles. The van der Waals surface area contributed by atoms with Crippen molar-refractivity contribution in [1.82, 2.24) is 0 Å². The van der Waals surface area contributed by atoms with Crippen molar-refractivity contribution in [3.8, 4) is 0 Å². The summed E-state index contributed by atoms with van der Waals surface area (Å²) in [6.07, 6.45) is 0.0688. The number of rotatable bonds is 7. The van der Waals surface area contributed by atoms with E-state index in [-0.39, 0.29) is 37.0 Å². The number of anilines is 2. The predicted octanol–water partition coefficient (Wildman–Crippen LogP) is 3.90. The van der Waals surface area contributed by atoms with E-state index in [0.717, 1.165) is 0 Å². The van der Waals surface area contributed by atoms with Gasteiger partial charge < -0.3 is 15.0 Å². The summed E-state index contributed by atoms with van der Waals surface area (Å²) in [6, 6.07) is 13.4. The highest BCUT2D eigenvalue weighted by Gasteiger charge is 2.20. The number of halogens is 1. The lowest BCUT2D eigenvalue weighted by molar-refractivity contribution is -0.117. The molecule has 0 aliphatic carbocycles. The van der Waals surface area contributed by atoms with Crippen LogP contribution < -0.4 is 10.2 Å². The van der Waals surface area contributed by atoms with Crippen LogP contribution in [0.15, 0.2) is 48.5 Å². The van der Waals surface area contributed by atoms with Gasteiger partial charge in [-0.2, -0.15) is 0 Å². The first-order valence-electron chi connectivity index (χ1n) is 8.52. The number of amides is 2. The summed E-state index contributed by atoms with van der Waals surface area (Å²) in [4.78, 5) is 37.9. The van der Waals surface area contributed by atoms with Gasteiger partial charge in [-0.05, 0) is 43.3 Å². The van der Waals surface area contributed by atoms with Gasteiger partial charge >= 0.3 is 5.97 Å². The molecule has 0 saturated carbocycles. The number of hydrogen-bond donors (Lipinski definition) is 1. The van der Waals surface area contributed by atoms with Gasteiger partial charge in [0.1, 0.15) is 0 Å². The molecule has 1 N–H and O–H groups in total. The maximum Gasteiger partial charge on any atom is 0.340 e. The van der Waals surface area contributed by atoms with Crippen molar-refractivity contribution < 1.29 is 19.1 Å². The van der Waals surface area contributed by atoms with Crippen LogP contribution in [0.3, 0.4) is 0 Å². The van der Waals surface area contributed by atoms with E-state index in [1.54, 1.807) is 55.5 Å². The largest absolute Gasteiger partial charge is 0.462 e. The van der Waals surface area contributed by atoms with Gasteiger partial charge in [-0.1, -0.05) is 23.7 Å². The van der Waals surface area contributed by atoms with E-state index in [1.165, 1.54) is 11.8 Å². The van der Waals surface area contributed by atoms with Gasteiger partial charge in [0, 0.05) is 30.6 Å². The zero-order valence-corrected chi connectivity index (χ0v) is 16.0. The summed E-state index contributed by atoms with van der Waals surface area (Å²) < 4.78 is 5.05. The van der Waals surface area contributed by atoms with Gasteiger partial charge in [0.2, 0.25) is 11.8 Å². The molecule has 0 atom stereocenters. The maximum atomic E-state index is 12.2. The molecule has 27 heavy (non-hydrogen) atoms. The zero-order valence-electron chi connectivity index (χ0n) is 15.2. The van der Waals surface area contributed by atoms with Crippen LogP contribution >= 0.6 is 11.6 Å². The Hall–Kier alpha value is -2.86. The third kappa shape index (κ3) is 5.82. The van der Waals surface area contributed by atoms with Gasteiger partial charge in [0.15, 0.2) is 0 Å². The Morgan fingerprint density at radius 3 is 2.37 bits per heavy atom. The van der Waals surface area contributed by atoms with Crippen LogP contribution in [0.5, 0.6) is 0 Å². The molecule has 2 amide bonds. The topological polar surface area (TPSA) is 75.7 Å². The van der Waals surface area contributed by atoms with Crippen molar-refractivity contribution >= 4 is 40.8 Å². The maximum absolute atomic E-state index is 12.2. The Morgan fingerprint density at radius 1 is 1.07 bits per heavy atom. The lowest BCUT2D eigenvalue weighted by Gasteiger charge is -2.23. The number of benzene rings is 2. The van der Waals surface area contributed by atoms with Crippen LogP contribution in [0.25, 0.3) is 0 Å². The molecule has 2 aromatic carbocycles. The first-order chi connectivity index (χ1) is 12.9. The van der Waals surface area contributed by atoms with Crippen LogP contribution in [-0.4, -0.2) is 30.9 Å². The van der Waals surface area contributed by atoms with Gasteiger partial charge in [0.25, 0.3) is 0 Å². The van der Waals surface area contributed by atoms with Crippen LogP contribution in [0.1, 0.15) is 30.6 Å². The smallest absolute Gasteiger partial charge is 0.340 e. The second-order valence-corrected chi connectivity index (χ2v) is 6.15. The third-order valence-electron chi connectivity index (χ3n) is 3.76. The Balaban J connectivity index is 2.10. The minimum atomic E-state index is -0.509. The van der Waals surface area contributed by atoms with Crippen molar-refractivity contribution in [2.45, 2.75) is 20.3 Å². The molecule has 7 heteroatoms. The number of carbonyl (C=O) groups is 3. The number of para-hydroxylation sites is 1. The van der Waals surface area contributed by atoms with E-state index in [0.29, 0.717) is 16.4 Å². The number of nitrogens with one attached hydrogen (secondary N) is 1. The van der Waals surface area contributed by atoms with Crippen LogP contribution in [0.4, 0.5) is 11.4 Å². The number of hydrogen-bond acceptors (Lipinski definition) is 4. The van der Waals surface area contributed by atoms with Gasteiger partial charge in [-0.3, -0.25) is 9.59 Å². The van der Waals surface area contributed by atoms with E-state index >= 15 is 0 Å². The molecule has 0 aliphatic rings. The molecule has 2 rings (SSSR count). The number of esters is 1. The molecule has 0 aliphatic heterocycles. The Morgan fingerprint density at radius 2 is 1.74 bits per heavy atom. The van der Waals surface area contributed by atoms with Crippen molar-refractivity contribution in [2.75, 3.05) is 23.4 Å². The van der Waals surface area contributed by atoms with E-state index < -0.39 is 5.97 Å². The molecule has 142 valence electrons. The average molecular weight is 389 g/mol. The summed E-state index contributed by atoms with van der Waals surface area (Å²) in [5, 5.41) is 3.32. The first kappa shape index (κ1) is 20.5. The Labute approximate surface area is 163 Å². The quantitative estimate of drug-likeness (QED) is 0.730. The molecule has 0 unspecified atom stereocenters. The van der Waals surface area contributed by atoms with E-state index in [4.69, 9.17) is 16.3 Å². The van der Waals surface area contributed by atoms with Crippen molar-refractivity contribution in [1.29, 1.82) is 0 Å². The first-order valence-corrected chi connectivity index (χ1v) is 8.89. The van der Waals surface area contributed by atoms with Gasteiger partial charge in [-0.25, -0.2) is 4.79 Å². The Kier molecular flexibility index (Phi) is 7.37. The predicted molar refractivity (Wildman–Crippen MR) is 105 cm³/mol. The summed E-state index contributed by atoms with van der Waals surface area (Å²) in [5.41, 5.74) is 1.32. The highest BCUT2D eigenvalue weighted by molar-refractivity contribution is 6.30. The second kappa shape index (κ2) is 9.73. The van der Waals surface area contributed by atoms with Crippen molar-refractivity contribution in [3.63, 3.8) is 0 Å². The minimum absolute atomic E-state index is 0.0688. The summed E-state index contributed by atoms with van der Waals surface area (Å²) in [5.74, 6) is -1.03. The molecule has 0 saturated heterocycles. The molecule has 0 bridgehead atoms. The fourth-order valence-corrected chi connectivity index (χ4v) is 2.63. The lowest BCUT2D eigenvalue weighted by atomic mass is 10.1. The molecule has 0 fully saturated rings. The van der Waals surface area contributed by atoms with Crippen LogP contribution in [0.2, 0.25) is 5.02 Å². The van der Waals surface area contributed by atoms with E-state index in [1.807, 2.05) is 0 Å². The molecule has 2 aromatic rings. The third-order valence-corrected chi connectivity index (χ3v) is 4.01. The van der Waals surface area contributed by atoms with Gasteiger partial charge in [0.05, 0.1) is 17.9 Å². The fourth-order valence-electron chi connectivity index (χ4n) is 2.51. The van der Waals surface area contributed by atoms with Crippen LogP contribution in [0, 0.1) is 0 Å². The number of ether oxygens (including phenoxy) is 1. The van der Waals surface area contributed by atoms with E-state index in [9.17, 15) is 14.4 Å². The second-order valence-electron chi connectivity index (χ2n) is 5.71. The van der Waals surface area contributed by atoms with Gasteiger partial charge in [-0.15, -0.1) is 0 Å². The molecular weight excluding hydrogens is 368 g/mol. The lowest BCUT2D eigenvalue weighted by Crippen LogP contribution is -2.33. The minimum Gasteiger partial charge on any atom is -0.462 e. The molecule has 0 aromatic heterocycles. The zero-order chi connectivity index (χ0) is 19.8. The molecule has 0 radical (unpaired) electrons. The SMILES string of the molecule is CCOC(=O)c1ccccc1N(CCC(=O)Nc1ccc(Cl)cc1)C(C)=O. The summed E-state index contributed by atoms with van der Waals surface area (Å²) in [7, 11) is 0.